The second-order valence-electron chi connectivity index (χ2n) is 4.24. The van der Waals surface area contributed by atoms with Gasteiger partial charge in [0, 0.05) is 26.8 Å². The minimum Gasteiger partial charge on any atom is -0.397 e. The summed E-state index contributed by atoms with van der Waals surface area (Å²) in [7, 11) is -1.66. The molecule has 0 aliphatic rings. The summed E-state index contributed by atoms with van der Waals surface area (Å²) in [5.41, 5.74) is 6.10. The van der Waals surface area contributed by atoms with Gasteiger partial charge in [-0.05, 0) is 0 Å². The van der Waals surface area contributed by atoms with Crippen LogP contribution in [0.5, 0.6) is 0 Å². The zero-order chi connectivity index (χ0) is 15.5. The molecule has 0 aromatic carbocycles. The molecule has 7 nitrogen and oxygen atoms in total. The Hall–Kier alpha value is -1.61. The first-order valence-electron chi connectivity index (χ1n) is 5.74. The third kappa shape index (κ3) is 3.94. The van der Waals surface area contributed by atoms with E-state index < -0.39 is 15.7 Å². The quantitative estimate of drug-likeness (QED) is 0.651. The number of ketones is 1. The van der Waals surface area contributed by atoms with E-state index in [-0.39, 0.29) is 34.2 Å². The molecule has 1 rings (SSSR count). The summed E-state index contributed by atoms with van der Waals surface area (Å²) < 4.78 is 22.2. The predicted octanol–water partition coefficient (Wildman–Crippen LogP) is 0.349. The number of nitrogen functional groups attached to an aromatic ring is 1. The molecular weight excluding hydrogens is 302 g/mol. The lowest BCUT2D eigenvalue weighted by Crippen LogP contribution is -2.21. The van der Waals surface area contributed by atoms with Gasteiger partial charge in [-0.3, -0.25) is 9.59 Å². The molecule has 0 atom stereocenters. The van der Waals surface area contributed by atoms with Crippen molar-refractivity contribution in [3.05, 3.63) is 10.4 Å². The number of carbonyl (C=O) groups excluding carboxylic acids is 2. The second-order valence-corrected chi connectivity index (χ2v) is 7.52. The molecule has 1 heterocycles. The van der Waals surface area contributed by atoms with Gasteiger partial charge in [-0.1, -0.05) is 0 Å². The van der Waals surface area contributed by atoms with Gasteiger partial charge in [0.1, 0.15) is 14.8 Å². The molecule has 0 aliphatic heterocycles. The number of Topliss-reactive ketones (excluding diaryl/α,β-unsaturated/α-hetero) is 1. The zero-order valence-electron chi connectivity index (χ0n) is 11.4. The number of hydrogen-bond donors (Lipinski definition) is 3. The van der Waals surface area contributed by atoms with Crippen molar-refractivity contribution in [1.82, 2.24) is 5.32 Å². The van der Waals surface area contributed by atoms with E-state index in [0.29, 0.717) is 5.00 Å². The molecule has 4 N–H and O–H groups in total. The maximum absolute atomic E-state index is 11.8. The van der Waals surface area contributed by atoms with E-state index in [0.717, 1.165) is 17.6 Å². The maximum atomic E-state index is 11.8. The van der Waals surface area contributed by atoms with Crippen LogP contribution in [0.15, 0.2) is 0 Å². The van der Waals surface area contributed by atoms with Gasteiger partial charge in [0.05, 0.1) is 21.9 Å². The van der Waals surface area contributed by atoms with Gasteiger partial charge in [-0.15, -0.1) is 11.3 Å². The Morgan fingerprint density at radius 2 is 1.95 bits per heavy atom. The van der Waals surface area contributed by atoms with Crippen molar-refractivity contribution >= 4 is 43.6 Å². The number of anilines is 2. The van der Waals surface area contributed by atoms with Crippen LogP contribution in [0.1, 0.15) is 27.0 Å². The van der Waals surface area contributed by atoms with Crippen LogP contribution in [0.4, 0.5) is 10.7 Å². The van der Waals surface area contributed by atoms with Gasteiger partial charge < -0.3 is 16.4 Å². The molecule has 0 bridgehead atoms. The molecule has 0 spiro atoms. The van der Waals surface area contributed by atoms with E-state index in [2.05, 4.69) is 10.6 Å². The lowest BCUT2D eigenvalue weighted by Gasteiger charge is -2.06. The Labute approximate surface area is 121 Å². The van der Waals surface area contributed by atoms with Crippen molar-refractivity contribution < 1.29 is 18.0 Å². The number of hydrogen-bond acceptors (Lipinski definition) is 7. The molecular formula is C11H17N3O4S2. The fourth-order valence-corrected chi connectivity index (χ4v) is 3.04. The van der Waals surface area contributed by atoms with Crippen LogP contribution in [-0.2, 0) is 9.84 Å². The highest BCUT2D eigenvalue weighted by Gasteiger charge is 2.23. The number of rotatable bonds is 6. The molecule has 1 aromatic rings. The van der Waals surface area contributed by atoms with Crippen molar-refractivity contribution in [3.8, 4) is 0 Å². The fourth-order valence-electron chi connectivity index (χ4n) is 1.53. The summed E-state index contributed by atoms with van der Waals surface area (Å²) in [4.78, 5) is 23.5. The minimum absolute atomic E-state index is 0.0760. The van der Waals surface area contributed by atoms with Crippen molar-refractivity contribution in [2.45, 2.75) is 6.92 Å². The smallest absolute Gasteiger partial charge is 0.256 e. The molecule has 0 aliphatic carbocycles. The molecule has 0 saturated heterocycles. The molecule has 0 fully saturated rings. The Bertz CT molecular complexity index is 634. The van der Waals surface area contributed by atoms with E-state index >= 15 is 0 Å². The Kier molecular flexibility index (Phi) is 5.12. The van der Waals surface area contributed by atoms with Gasteiger partial charge in [0.2, 0.25) is 0 Å². The van der Waals surface area contributed by atoms with Crippen molar-refractivity contribution in [2.24, 2.45) is 0 Å². The van der Waals surface area contributed by atoms with Crippen LogP contribution in [0, 0.1) is 0 Å². The Balaban J connectivity index is 3.08. The lowest BCUT2D eigenvalue weighted by molar-refractivity contribution is 0.0965. The average molecular weight is 319 g/mol. The monoisotopic (exact) mass is 319 g/mol. The Morgan fingerprint density at radius 3 is 2.40 bits per heavy atom. The normalized spacial score (nSPS) is 11.2. The highest BCUT2D eigenvalue weighted by atomic mass is 32.2. The van der Waals surface area contributed by atoms with Gasteiger partial charge in [-0.25, -0.2) is 8.42 Å². The van der Waals surface area contributed by atoms with E-state index in [1.54, 1.807) is 0 Å². The van der Waals surface area contributed by atoms with Crippen LogP contribution in [0.25, 0.3) is 0 Å². The number of nitrogens with two attached hydrogens (primary N) is 1. The topological polar surface area (TPSA) is 118 Å². The molecule has 0 saturated carbocycles. The first-order valence-corrected chi connectivity index (χ1v) is 8.62. The van der Waals surface area contributed by atoms with Crippen LogP contribution in [0.3, 0.4) is 0 Å². The van der Waals surface area contributed by atoms with Crippen LogP contribution < -0.4 is 16.4 Å². The van der Waals surface area contributed by atoms with Crippen molar-refractivity contribution in [1.29, 1.82) is 0 Å². The fraction of sp³-hybridized carbons (Fsp3) is 0.455. The maximum Gasteiger partial charge on any atom is 0.256 e. The van der Waals surface area contributed by atoms with Crippen LogP contribution in [-0.4, -0.2) is 45.7 Å². The van der Waals surface area contributed by atoms with E-state index in [9.17, 15) is 18.0 Å². The molecule has 0 radical (unpaired) electrons. The highest BCUT2D eigenvalue weighted by Crippen LogP contribution is 2.35. The first-order chi connectivity index (χ1) is 9.17. The summed E-state index contributed by atoms with van der Waals surface area (Å²) in [5, 5.41) is 5.69. The summed E-state index contributed by atoms with van der Waals surface area (Å²) >= 11 is 1.05. The standard InChI is InChI=1S/C11H17N3O4S2/c1-6(15)9-8(12)7(10(16)13-2)11(19-9)14-4-5-20(3,17)18/h14H,4-5,12H2,1-3H3,(H,13,16). The zero-order valence-corrected chi connectivity index (χ0v) is 13.1. The average Bonchev–Trinajstić information content (AvgIpc) is 2.64. The molecule has 112 valence electrons. The van der Waals surface area contributed by atoms with Gasteiger partial charge >= 0.3 is 0 Å². The van der Waals surface area contributed by atoms with E-state index in [4.69, 9.17) is 5.73 Å². The summed E-state index contributed by atoms with van der Waals surface area (Å²) in [6.07, 6.45) is 1.12. The summed E-state index contributed by atoms with van der Waals surface area (Å²) in [6.45, 7) is 1.50. The highest BCUT2D eigenvalue weighted by molar-refractivity contribution is 7.90. The third-order valence-corrected chi connectivity index (χ3v) is 4.69. The van der Waals surface area contributed by atoms with Gasteiger partial charge in [-0.2, -0.15) is 0 Å². The molecule has 20 heavy (non-hydrogen) atoms. The van der Waals surface area contributed by atoms with Gasteiger partial charge in [0.15, 0.2) is 5.78 Å². The van der Waals surface area contributed by atoms with Crippen molar-refractivity contribution in [3.63, 3.8) is 0 Å². The third-order valence-electron chi connectivity index (χ3n) is 2.48. The molecule has 1 aromatic heterocycles. The number of nitrogens with one attached hydrogen (secondary N) is 2. The SMILES string of the molecule is CNC(=O)c1c(NCCS(C)(=O)=O)sc(C(C)=O)c1N. The van der Waals surface area contributed by atoms with E-state index in [1.165, 1.54) is 14.0 Å². The Morgan fingerprint density at radius 1 is 1.35 bits per heavy atom. The van der Waals surface area contributed by atoms with Crippen LogP contribution in [0.2, 0.25) is 0 Å². The molecule has 1 amide bonds. The van der Waals surface area contributed by atoms with Crippen LogP contribution >= 0.6 is 11.3 Å². The number of sulfone groups is 1. The second kappa shape index (κ2) is 6.23. The number of thiophene rings is 1. The predicted molar refractivity (Wildman–Crippen MR) is 80.3 cm³/mol. The lowest BCUT2D eigenvalue weighted by atomic mass is 10.2. The molecule has 9 heteroatoms. The summed E-state index contributed by atoms with van der Waals surface area (Å²) in [6, 6.07) is 0. The number of carbonyl (C=O) groups is 2. The molecule has 0 unspecified atom stereocenters. The van der Waals surface area contributed by atoms with Gasteiger partial charge in [0.25, 0.3) is 5.91 Å². The minimum atomic E-state index is -3.11. The summed E-state index contributed by atoms with van der Waals surface area (Å²) in [5.74, 6) is -0.741. The van der Waals surface area contributed by atoms with Crippen molar-refractivity contribution in [2.75, 3.05) is 36.7 Å². The largest absolute Gasteiger partial charge is 0.397 e. The number of amides is 1. The first kappa shape index (κ1) is 16.4. The van der Waals surface area contributed by atoms with E-state index in [1.807, 2.05) is 0 Å².